The molecule has 3 rings (SSSR count). The van der Waals surface area contributed by atoms with E-state index >= 15 is 0 Å². The molecule has 3 aromatic carbocycles. The zero-order valence-electron chi connectivity index (χ0n) is 16.9. The molecule has 0 unspecified atom stereocenters. The number of rotatable bonds is 8. The Hall–Kier alpha value is -3.80. The zero-order chi connectivity index (χ0) is 21.2. The van der Waals surface area contributed by atoms with Gasteiger partial charge in [0.1, 0.15) is 5.75 Å². The van der Waals surface area contributed by atoms with Crippen LogP contribution < -0.4 is 20.7 Å². The second-order valence-electron chi connectivity index (χ2n) is 6.67. The van der Waals surface area contributed by atoms with Gasteiger partial charge in [-0.1, -0.05) is 54.6 Å². The summed E-state index contributed by atoms with van der Waals surface area (Å²) >= 11 is 0. The van der Waals surface area contributed by atoms with Crippen molar-refractivity contribution in [3.05, 3.63) is 90.0 Å². The molecule has 3 amide bonds. The molecule has 0 atom stereocenters. The molecule has 6 heteroatoms. The van der Waals surface area contributed by atoms with Crippen molar-refractivity contribution in [1.29, 1.82) is 0 Å². The van der Waals surface area contributed by atoms with Crippen molar-refractivity contribution in [2.75, 3.05) is 24.3 Å². The van der Waals surface area contributed by atoms with Gasteiger partial charge >= 0.3 is 6.03 Å². The molecule has 0 aliphatic heterocycles. The first-order valence-electron chi connectivity index (χ1n) is 9.79. The second kappa shape index (κ2) is 10.7. The number of carbonyl (C=O) groups excluding carboxylic acids is 2. The van der Waals surface area contributed by atoms with Gasteiger partial charge in [0.25, 0.3) is 5.91 Å². The summed E-state index contributed by atoms with van der Waals surface area (Å²) in [4.78, 5) is 24.9. The molecule has 30 heavy (non-hydrogen) atoms. The second-order valence-corrected chi connectivity index (χ2v) is 6.67. The molecule has 0 aromatic heterocycles. The lowest BCUT2D eigenvalue weighted by molar-refractivity contribution is 0.102. The summed E-state index contributed by atoms with van der Waals surface area (Å²) in [5.74, 6) is 0.168. The number of hydrogen-bond acceptors (Lipinski definition) is 3. The first kappa shape index (κ1) is 20.9. The van der Waals surface area contributed by atoms with Gasteiger partial charge in [0.05, 0.1) is 24.0 Å². The van der Waals surface area contributed by atoms with Crippen LogP contribution in [0.2, 0.25) is 0 Å². The van der Waals surface area contributed by atoms with Crippen LogP contribution in [0.4, 0.5) is 16.2 Å². The van der Waals surface area contributed by atoms with E-state index in [1.54, 1.807) is 48.5 Å². The average molecular weight is 403 g/mol. The SMILES string of the molecule is COc1ccccc1C(=O)Nc1ccccc1NC(=O)NCCCc1ccccc1. The maximum atomic E-state index is 12.7. The smallest absolute Gasteiger partial charge is 0.319 e. The van der Waals surface area contributed by atoms with E-state index in [9.17, 15) is 9.59 Å². The number of anilines is 2. The van der Waals surface area contributed by atoms with Crippen LogP contribution in [-0.4, -0.2) is 25.6 Å². The van der Waals surface area contributed by atoms with Gasteiger partial charge in [-0.25, -0.2) is 4.79 Å². The Morgan fingerprint density at radius 1 is 0.800 bits per heavy atom. The largest absolute Gasteiger partial charge is 0.496 e. The number of aryl methyl sites for hydroxylation is 1. The van der Waals surface area contributed by atoms with Crippen molar-refractivity contribution in [1.82, 2.24) is 5.32 Å². The Balaban J connectivity index is 1.55. The number of hydrogen-bond donors (Lipinski definition) is 3. The van der Waals surface area contributed by atoms with Gasteiger partial charge in [-0.05, 0) is 42.7 Å². The molecule has 3 N–H and O–H groups in total. The van der Waals surface area contributed by atoms with Crippen LogP contribution in [0.3, 0.4) is 0 Å². The zero-order valence-corrected chi connectivity index (χ0v) is 16.9. The summed E-state index contributed by atoms with van der Waals surface area (Å²) in [6.07, 6.45) is 1.73. The summed E-state index contributed by atoms with van der Waals surface area (Å²) < 4.78 is 5.25. The highest BCUT2D eigenvalue weighted by Crippen LogP contribution is 2.24. The van der Waals surface area contributed by atoms with Gasteiger partial charge in [0.2, 0.25) is 0 Å². The highest BCUT2D eigenvalue weighted by molar-refractivity contribution is 6.08. The predicted octanol–water partition coefficient (Wildman–Crippen LogP) is 4.70. The number of urea groups is 1. The third kappa shape index (κ3) is 5.85. The number of carbonyl (C=O) groups is 2. The number of para-hydroxylation sites is 3. The molecule has 3 aromatic rings. The lowest BCUT2D eigenvalue weighted by Gasteiger charge is -2.14. The van der Waals surface area contributed by atoms with E-state index in [2.05, 4.69) is 28.1 Å². The molecule has 0 bridgehead atoms. The van der Waals surface area contributed by atoms with E-state index in [1.807, 2.05) is 18.2 Å². The third-order valence-corrected chi connectivity index (χ3v) is 4.55. The number of methoxy groups -OCH3 is 1. The molecular weight excluding hydrogens is 378 g/mol. The van der Waals surface area contributed by atoms with E-state index in [-0.39, 0.29) is 11.9 Å². The minimum atomic E-state index is -0.318. The quantitative estimate of drug-likeness (QED) is 0.477. The summed E-state index contributed by atoms with van der Waals surface area (Å²) in [7, 11) is 1.52. The molecule has 0 fully saturated rings. The van der Waals surface area contributed by atoms with Gasteiger partial charge in [-0.15, -0.1) is 0 Å². The molecule has 6 nitrogen and oxygen atoms in total. The molecule has 154 valence electrons. The third-order valence-electron chi connectivity index (χ3n) is 4.55. The minimum Gasteiger partial charge on any atom is -0.496 e. The summed E-state index contributed by atoms with van der Waals surface area (Å²) in [5, 5.41) is 8.48. The Morgan fingerprint density at radius 3 is 2.17 bits per heavy atom. The molecule has 0 aliphatic rings. The number of ether oxygens (including phenoxy) is 1. The maximum Gasteiger partial charge on any atom is 0.319 e. The van der Waals surface area contributed by atoms with Crippen LogP contribution in [0, 0.1) is 0 Å². The molecule has 0 saturated carbocycles. The monoisotopic (exact) mass is 403 g/mol. The van der Waals surface area contributed by atoms with Crippen molar-refractivity contribution in [3.8, 4) is 5.75 Å². The Morgan fingerprint density at radius 2 is 1.43 bits per heavy atom. The van der Waals surface area contributed by atoms with Crippen molar-refractivity contribution < 1.29 is 14.3 Å². The molecular formula is C24H25N3O3. The van der Waals surface area contributed by atoms with Gasteiger partial charge in [-0.3, -0.25) is 4.79 Å². The van der Waals surface area contributed by atoms with Crippen LogP contribution in [0.5, 0.6) is 5.75 Å². The van der Waals surface area contributed by atoms with E-state index in [1.165, 1.54) is 12.7 Å². The number of benzene rings is 3. The fourth-order valence-electron chi connectivity index (χ4n) is 3.03. The van der Waals surface area contributed by atoms with Gasteiger partial charge in [-0.2, -0.15) is 0 Å². The molecule has 0 radical (unpaired) electrons. The molecule has 0 spiro atoms. The van der Waals surface area contributed by atoms with Crippen LogP contribution in [0.1, 0.15) is 22.3 Å². The highest BCUT2D eigenvalue weighted by atomic mass is 16.5. The lowest BCUT2D eigenvalue weighted by atomic mass is 10.1. The predicted molar refractivity (Wildman–Crippen MR) is 119 cm³/mol. The van der Waals surface area contributed by atoms with E-state index in [4.69, 9.17) is 4.74 Å². The fraction of sp³-hybridized carbons (Fsp3) is 0.167. The Bertz CT molecular complexity index is 990. The van der Waals surface area contributed by atoms with Crippen molar-refractivity contribution in [2.24, 2.45) is 0 Å². The number of amides is 3. The number of nitrogens with one attached hydrogen (secondary N) is 3. The van der Waals surface area contributed by atoms with Crippen LogP contribution >= 0.6 is 0 Å². The molecule has 0 aliphatic carbocycles. The summed E-state index contributed by atoms with van der Waals surface area (Å²) in [6, 6.07) is 23.9. The minimum absolute atomic E-state index is 0.315. The standard InChI is InChI=1S/C24H25N3O3/c1-30-22-16-8-5-13-19(22)23(28)26-20-14-6-7-15-21(20)27-24(29)25-17-9-12-18-10-3-2-4-11-18/h2-8,10-11,13-16H,9,12,17H2,1H3,(H,26,28)(H2,25,27,29). The first-order valence-corrected chi connectivity index (χ1v) is 9.79. The lowest BCUT2D eigenvalue weighted by Crippen LogP contribution is -2.30. The summed E-state index contributed by atoms with van der Waals surface area (Å²) in [5.41, 5.74) is 2.68. The van der Waals surface area contributed by atoms with Crippen LogP contribution in [-0.2, 0) is 6.42 Å². The normalized spacial score (nSPS) is 10.2. The van der Waals surface area contributed by atoms with E-state index < -0.39 is 0 Å². The Kier molecular flexibility index (Phi) is 7.44. The van der Waals surface area contributed by atoms with Gasteiger partial charge in [0.15, 0.2) is 0 Å². The van der Waals surface area contributed by atoms with Crippen molar-refractivity contribution >= 4 is 23.3 Å². The average Bonchev–Trinajstić information content (AvgIpc) is 2.78. The summed E-state index contributed by atoms with van der Waals surface area (Å²) in [6.45, 7) is 0.552. The van der Waals surface area contributed by atoms with Crippen molar-refractivity contribution in [3.63, 3.8) is 0 Å². The van der Waals surface area contributed by atoms with Gasteiger partial charge < -0.3 is 20.7 Å². The van der Waals surface area contributed by atoms with Gasteiger partial charge in [0, 0.05) is 6.54 Å². The topological polar surface area (TPSA) is 79.5 Å². The maximum absolute atomic E-state index is 12.7. The first-order chi connectivity index (χ1) is 14.7. The molecule has 0 heterocycles. The van der Waals surface area contributed by atoms with E-state index in [0.717, 1.165) is 12.8 Å². The fourth-order valence-corrected chi connectivity index (χ4v) is 3.03. The van der Waals surface area contributed by atoms with Crippen LogP contribution in [0.15, 0.2) is 78.9 Å². The highest BCUT2D eigenvalue weighted by Gasteiger charge is 2.14. The molecule has 0 saturated heterocycles. The van der Waals surface area contributed by atoms with Crippen LogP contribution in [0.25, 0.3) is 0 Å². The Labute approximate surface area is 176 Å². The van der Waals surface area contributed by atoms with Crippen molar-refractivity contribution in [2.45, 2.75) is 12.8 Å². The van der Waals surface area contributed by atoms with E-state index in [0.29, 0.717) is 29.2 Å².